The number of aliphatic carboxylic acids is 1. The number of rotatable bonds is 8. The largest absolute Gasteiger partial charge is 0.481 e. The van der Waals surface area contributed by atoms with Crippen molar-refractivity contribution in [3.05, 3.63) is 24.1 Å². The van der Waals surface area contributed by atoms with Crippen LogP contribution in [0.4, 0.5) is 5.69 Å². The van der Waals surface area contributed by atoms with Crippen LogP contribution in [0.25, 0.3) is 11.1 Å². The van der Waals surface area contributed by atoms with Crippen LogP contribution >= 0.6 is 0 Å². The van der Waals surface area contributed by atoms with Gasteiger partial charge in [0.25, 0.3) is 0 Å². The maximum atomic E-state index is 12.3. The number of benzene rings is 1. The van der Waals surface area contributed by atoms with Gasteiger partial charge in [-0.2, -0.15) is 0 Å². The van der Waals surface area contributed by atoms with E-state index in [0.717, 1.165) is 0 Å². The number of amides is 1. The number of anilines is 1. The molecule has 0 fully saturated rings. The van der Waals surface area contributed by atoms with Gasteiger partial charge in [0.2, 0.25) is 11.8 Å². The lowest BCUT2D eigenvalue weighted by molar-refractivity contribution is -0.151. The van der Waals surface area contributed by atoms with E-state index in [0.29, 0.717) is 35.5 Å². The second-order valence-corrected chi connectivity index (χ2v) is 5.74. The number of aromatic nitrogens is 1. The Labute approximate surface area is 140 Å². The Morgan fingerprint density at radius 2 is 2.04 bits per heavy atom. The van der Waals surface area contributed by atoms with Gasteiger partial charge in [-0.1, -0.05) is 13.8 Å². The fourth-order valence-corrected chi connectivity index (χ4v) is 2.63. The van der Waals surface area contributed by atoms with E-state index in [1.807, 2.05) is 0 Å². The van der Waals surface area contributed by atoms with E-state index in [4.69, 9.17) is 9.15 Å². The molecule has 0 radical (unpaired) electrons. The highest BCUT2D eigenvalue weighted by atomic mass is 16.5. The summed E-state index contributed by atoms with van der Waals surface area (Å²) in [6, 6.07) is 5.10. The Balaban J connectivity index is 2.13. The van der Waals surface area contributed by atoms with Gasteiger partial charge in [0, 0.05) is 19.2 Å². The average molecular weight is 334 g/mol. The Hall–Kier alpha value is -2.41. The highest BCUT2D eigenvalue weighted by Gasteiger charge is 2.37. The van der Waals surface area contributed by atoms with Crippen LogP contribution in [0.2, 0.25) is 0 Å². The molecule has 0 spiro atoms. The first-order chi connectivity index (χ1) is 11.4. The third-order valence-electron chi connectivity index (χ3n) is 4.29. The number of nitrogens with zero attached hydrogens (tertiary/aromatic N) is 1. The molecule has 1 amide bonds. The number of carboxylic acids is 1. The molecule has 130 valence electrons. The predicted molar refractivity (Wildman–Crippen MR) is 88.6 cm³/mol. The molecule has 24 heavy (non-hydrogen) atoms. The minimum atomic E-state index is -1.03. The molecule has 0 bridgehead atoms. The van der Waals surface area contributed by atoms with Gasteiger partial charge < -0.3 is 19.6 Å². The predicted octanol–water partition coefficient (Wildman–Crippen LogP) is 3.19. The van der Waals surface area contributed by atoms with E-state index >= 15 is 0 Å². The molecule has 0 aliphatic rings. The van der Waals surface area contributed by atoms with Gasteiger partial charge >= 0.3 is 5.97 Å². The van der Waals surface area contributed by atoms with Crippen LogP contribution in [-0.2, 0) is 20.9 Å². The molecule has 7 nitrogen and oxygen atoms in total. The van der Waals surface area contributed by atoms with Crippen molar-refractivity contribution >= 4 is 28.7 Å². The zero-order valence-electron chi connectivity index (χ0n) is 14.1. The Morgan fingerprint density at radius 3 is 2.62 bits per heavy atom. The molecule has 0 aliphatic heterocycles. The van der Waals surface area contributed by atoms with Gasteiger partial charge in [-0.05, 0) is 31.0 Å². The SMILES string of the molecule is CCC(CC)(CC(=O)Nc1ccc2oc(COC)nc2c1)C(=O)O. The smallest absolute Gasteiger partial charge is 0.310 e. The highest BCUT2D eigenvalue weighted by Crippen LogP contribution is 2.31. The van der Waals surface area contributed by atoms with Crippen LogP contribution in [0, 0.1) is 5.41 Å². The molecule has 1 heterocycles. The van der Waals surface area contributed by atoms with Crippen LogP contribution < -0.4 is 5.32 Å². The lowest BCUT2D eigenvalue weighted by Gasteiger charge is -2.25. The summed E-state index contributed by atoms with van der Waals surface area (Å²) in [4.78, 5) is 28.0. The zero-order valence-corrected chi connectivity index (χ0v) is 14.1. The third kappa shape index (κ3) is 3.73. The minimum absolute atomic E-state index is 0.0683. The number of fused-ring (bicyclic) bond motifs is 1. The summed E-state index contributed by atoms with van der Waals surface area (Å²) in [6.07, 6.45) is 0.727. The van der Waals surface area contributed by atoms with E-state index in [1.54, 1.807) is 39.2 Å². The Kier molecular flexibility index (Phi) is 5.56. The summed E-state index contributed by atoms with van der Waals surface area (Å²) in [5.74, 6) is -0.822. The molecule has 0 saturated heterocycles. The molecular weight excluding hydrogens is 312 g/mol. The molecule has 2 aromatic rings. The van der Waals surface area contributed by atoms with E-state index in [-0.39, 0.29) is 18.9 Å². The van der Waals surface area contributed by atoms with Gasteiger partial charge in [-0.15, -0.1) is 0 Å². The first-order valence-electron chi connectivity index (χ1n) is 7.85. The van der Waals surface area contributed by atoms with Crippen molar-refractivity contribution < 1.29 is 23.8 Å². The number of nitrogens with one attached hydrogen (secondary N) is 1. The fraction of sp³-hybridized carbons (Fsp3) is 0.471. The topological polar surface area (TPSA) is 102 Å². The molecule has 2 rings (SSSR count). The molecular formula is C17H22N2O5. The Bertz CT molecular complexity index is 734. The van der Waals surface area contributed by atoms with Crippen LogP contribution in [0.15, 0.2) is 22.6 Å². The van der Waals surface area contributed by atoms with Crippen LogP contribution in [0.5, 0.6) is 0 Å². The number of methoxy groups -OCH3 is 1. The van der Waals surface area contributed by atoms with Crippen molar-refractivity contribution in [3.8, 4) is 0 Å². The van der Waals surface area contributed by atoms with Crippen molar-refractivity contribution in [3.63, 3.8) is 0 Å². The highest BCUT2D eigenvalue weighted by molar-refractivity contribution is 5.95. The first-order valence-corrected chi connectivity index (χ1v) is 7.85. The van der Waals surface area contributed by atoms with E-state index in [2.05, 4.69) is 10.3 Å². The Morgan fingerprint density at radius 1 is 1.33 bits per heavy atom. The standard InChI is InChI=1S/C17H22N2O5/c1-4-17(5-2,16(21)22)9-14(20)18-11-6-7-13-12(8-11)19-15(24-13)10-23-3/h6-8H,4-5,9-10H2,1-3H3,(H,18,20)(H,21,22). The monoisotopic (exact) mass is 334 g/mol. The number of hydrogen-bond donors (Lipinski definition) is 2. The molecule has 1 aromatic heterocycles. The lowest BCUT2D eigenvalue weighted by Crippen LogP contribution is -2.34. The summed E-state index contributed by atoms with van der Waals surface area (Å²) >= 11 is 0. The summed E-state index contributed by atoms with van der Waals surface area (Å²) < 4.78 is 10.5. The normalized spacial score (nSPS) is 11.6. The fourth-order valence-electron chi connectivity index (χ4n) is 2.63. The van der Waals surface area contributed by atoms with Crippen molar-refractivity contribution in [1.82, 2.24) is 4.98 Å². The summed E-state index contributed by atoms with van der Waals surface area (Å²) in [5, 5.41) is 12.2. The van der Waals surface area contributed by atoms with E-state index in [9.17, 15) is 14.7 Å². The number of hydrogen-bond acceptors (Lipinski definition) is 5. The molecule has 1 aromatic carbocycles. The number of ether oxygens (including phenoxy) is 1. The molecule has 7 heteroatoms. The van der Waals surface area contributed by atoms with Crippen molar-refractivity contribution in [2.75, 3.05) is 12.4 Å². The molecule has 0 unspecified atom stereocenters. The zero-order chi connectivity index (χ0) is 17.7. The first kappa shape index (κ1) is 17.9. The average Bonchev–Trinajstić information content (AvgIpc) is 2.94. The summed E-state index contributed by atoms with van der Waals surface area (Å²) in [7, 11) is 1.55. The molecule has 0 aliphatic carbocycles. The van der Waals surface area contributed by atoms with E-state index in [1.165, 1.54) is 0 Å². The van der Waals surface area contributed by atoms with Crippen LogP contribution in [-0.4, -0.2) is 29.1 Å². The molecule has 0 atom stereocenters. The van der Waals surface area contributed by atoms with Crippen molar-refractivity contribution in [2.24, 2.45) is 5.41 Å². The maximum Gasteiger partial charge on any atom is 0.310 e. The minimum Gasteiger partial charge on any atom is -0.481 e. The number of carboxylic acid groups (broad SMARTS) is 1. The van der Waals surface area contributed by atoms with Crippen molar-refractivity contribution in [1.29, 1.82) is 0 Å². The van der Waals surface area contributed by atoms with E-state index < -0.39 is 11.4 Å². The maximum absolute atomic E-state index is 12.3. The van der Waals surface area contributed by atoms with Crippen LogP contribution in [0.1, 0.15) is 39.0 Å². The van der Waals surface area contributed by atoms with Crippen molar-refractivity contribution in [2.45, 2.75) is 39.7 Å². The van der Waals surface area contributed by atoms with Crippen LogP contribution in [0.3, 0.4) is 0 Å². The number of carbonyl (C=O) groups excluding carboxylic acids is 1. The van der Waals surface area contributed by atoms with Gasteiger partial charge in [-0.25, -0.2) is 4.98 Å². The second kappa shape index (κ2) is 7.44. The van der Waals surface area contributed by atoms with Gasteiger partial charge in [0.1, 0.15) is 12.1 Å². The second-order valence-electron chi connectivity index (χ2n) is 5.74. The van der Waals surface area contributed by atoms with Gasteiger partial charge in [0.15, 0.2) is 5.58 Å². The molecule has 2 N–H and O–H groups in total. The third-order valence-corrected chi connectivity index (χ3v) is 4.29. The lowest BCUT2D eigenvalue weighted by atomic mass is 9.79. The molecule has 0 saturated carbocycles. The van der Waals surface area contributed by atoms with Gasteiger partial charge in [-0.3, -0.25) is 9.59 Å². The summed E-state index contributed by atoms with van der Waals surface area (Å²) in [6.45, 7) is 3.83. The van der Waals surface area contributed by atoms with Gasteiger partial charge in [0.05, 0.1) is 5.41 Å². The number of carbonyl (C=O) groups is 2. The quantitative estimate of drug-likeness (QED) is 0.768. The number of oxazole rings is 1. The summed E-state index contributed by atoms with van der Waals surface area (Å²) in [5.41, 5.74) is 0.724.